The van der Waals surface area contributed by atoms with Crippen LogP contribution < -0.4 is 0 Å². The van der Waals surface area contributed by atoms with Crippen LogP contribution in [0.5, 0.6) is 0 Å². The van der Waals surface area contributed by atoms with Crippen LogP contribution in [0.1, 0.15) is 279 Å². The van der Waals surface area contributed by atoms with Crippen LogP contribution in [0, 0.1) is 11.8 Å². The molecule has 0 saturated heterocycles. The van der Waals surface area contributed by atoms with Gasteiger partial charge in [-0.05, 0) is 31.1 Å². The molecule has 6 nitrogen and oxygen atoms in total. The number of rotatable bonds is 45. The number of hydrogen-bond donors (Lipinski definition) is 0. The number of hydrogen-bond acceptors (Lipinski definition) is 6. The molecular formula is C51H98O6. The van der Waals surface area contributed by atoms with Gasteiger partial charge in [-0.3, -0.25) is 14.4 Å². The van der Waals surface area contributed by atoms with Crippen LogP contribution in [0.2, 0.25) is 0 Å². The minimum absolute atomic E-state index is 0.0639. The molecule has 57 heavy (non-hydrogen) atoms. The molecule has 0 aliphatic carbocycles. The zero-order valence-electron chi connectivity index (χ0n) is 39.0. The van der Waals surface area contributed by atoms with Crippen molar-refractivity contribution in [1.82, 2.24) is 0 Å². The predicted molar refractivity (Wildman–Crippen MR) is 243 cm³/mol. The van der Waals surface area contributed by atoms with E-state index in [0.717, 1.165) is 69.6 Å². The molecule has 0 bridgehead atoms. The normalized spacial score (nSPS) is 12.1. The Morgan fingerprint density at radius 3 is 0.860 bits per heavy atom. The molecule has 6 heteroatoms. The molecule has 0 heterocycles. The molecule has 0 spiro atoms. The van der Waals surface area contributed by atoms with Crippen LogP contribution in [0.15, 0.2) is 0 Å². The van der Waals surface area contributed by atoms with Crippen LogP contribution in [-0.4, -0.2) is 37.2 Å². The first-order valence-electron chi connectivity index (χ1n) is 25.2. The van der Waals surface area contributed by atoms with E-state index in [9.17, 15) is 14.4 Å². The Hall–Kier alpha value is -1.59. The zero-order valence-corrected chi connectivity index (χ0v) is 39.0. The quantitative estimate of drug-likeness (QED) is 0.0346. The van der Waals surface area contributed by atoms with Crippen LogP contribution in [-0.2, 0) is 28.6 Å². The Kier molecular flexibility index (Phi) is 42.7. The summed E-state index contributed by atoms with van der Waals surface area (Å²) in [7, 11) is 0. The van der Waals surface area contributed by atoms with Gasteiger partial charge < -0.3 is 14.2 Å². The summed E-state index contributed by atoms with van der Waals surface area (Å²) in [5.41, 5.74) is 0. The molecule has 0 unspecified atom stereocenters. The predicted octanol–water partition coefficient (Wildman–Crippen LogP) is 16.1. The topological polar surface area (TPSA) is 78.9 Å². The largest absolute Gasteiger partial charge is 0.462 e. The van der Waals surface area contributed by atoms with Crippen molar-refractivity contribution in [3.05, 3.63) is 0 Å². The highest BCUT2D eigenvalue weighted by atomic mass is 16.6. The fourth-order valence-corrected chi connectivity index (χ4v) is 7.64. The number of unbranched alkanes of at least 4 members (excludes halogenated alkanes) is 30. The fraction of sp³-hybridized carbons (Fsp3) is 0.941. The minimum atomic E-state index is -0.761. The molecule has 338 valence electrons. The Balaban J connectivity index is 4.32. The lowest BCUT2D eigenvalue weighted by Gasteiger charge is -2.18. The molecule has 0 radical (unpaired) electrons. The number of ether oxygens (including phenoxy) is 3. The minimum Gasteiger partial charge on any atom is -0.462 e. The standard InChI is InChI=1S/C51H98O6/c1-6-7-8-9-10-11-14-21-26-31-36-41-49(52)55-44-48(45-56-50(53)42-37-32-27-22-18-17-20-25-30-35-40-47(4)5)57-51(54)43-38-33-28-23-16-13-12-15-19-24-29-34-39-46(2)3/h46-48H,6-45H2,1-5H3/t48-/m1/s1. The van der Waals surface area contributed by atoms with Gasteiger partial charge in [-0.25, -0.2) is 0 Å². The summed E-state index contributed by atoms with van der Waals surface area (Å²) >= 11 is 0. The summed E-state index contributed by atoms with van der Waals surface area (Å²) in [6.45, 7) is 11.4. The van der Waals surface area contributed by atoms with Crippen LogP contribution in [0.3, 0.4) is 0 Å². The summed E-state index contributed by atoms with van der Waals surface area (Å²) in [6, 6.07) is 0. The Morgan fingerprint density at radius 2 is 0.579 bits per heavy atom. The van der Waals surface area contributed by atoms with Crippen molar-refractivity contribution in [1.29, 1.82) is 0 Å². The van der Waals surface area contributed by atoms with Gasteiger partial charge in [0.25, 0.3) is 0 Å². The Bertz CT molecular complexity index is 870. The first-order chi connectivity index (χ1) is 27.7. The van der Waals surface area contributed by atoms with Gasteiger partial charge in [0.05, 0.1) is 0 Å². The van der Waals surface area contributed by atoms with Gasteiger partial charge in [0.15, 0.2) is 6.10 Å². The molecule has 0 saturated carbocycles. The van der Waals surface area contributed by atoms with Gasteiger partial charge in [-0.2, -0.15) is 0 Å². The van der Waals surface area contributed by atoms with E-state index in [0.29, 0.717) is 19.3 Å². The molecular weight excluding hydrogens is 709 g/mol. The van der Waals surface area contributed by atoms with Crippen molar-refractivity contribution in [2.24, 2.45) is 11.8 Å². The summed E-state index contributed by atoms with van der Waals surface area (Å²) < 4.78 is 16.8. The Labute approximate surface area is 355 Å². The lowest BCUT2D eigenvalue weighted by atomic mass is 10.0. The van der Waals surface area contributed by atoms with Gasteiger partial charge in [0.2, 0.25) is 0 Å². The molecule has 0 aliphatic rings. The maximum absolute atomic E-state index is 12.8. The lowest BCUT2D eigenvalue weighted by molar-refractivity contribution is -0.167. The average molecular weight is 807 g/mol. The second kappa shape index (κ2) is 44.0. The van der Waals surface area contributed by atoms with Crippen molar-refractivity contribution < 1.29 is 28.6 Å². The molecule has 0 amide bonds. The second-order valence-corrected chi connectivity index (χ2v) is 18.4. The number of esters is 3. The van der Waals surface area contributed by atoms with Crippen molar-refractivity contribution in [3.8, 4) is 0 Å². The summed E-state index contributed by atoms with van der Waals surface area (Å²) in [5, 5.41) is 0. The first-order valence-corrected chi connectivity index (χ1v) is 25.2. The number of carbonyl (C=O) groups excluding carboxylic acids is 3. The van der Waals surface area contributed by atoms with Crippen molar-refractivity contribution in [2.45, 2.75) is 285 Å². The molecule has 0 aromatic rings. The third kappa shape index (κ3) is 45.3. The van der Waals surface area contributed by atoms with E-state index in [2.05, 4.69) is 34.6 Å². The Morgan fingerprint density at radius 1 is 0.333 bits per heavy atom. The molecule has 1 atom stereocenters. The highest BCUT2D eigenvalue weighted by Crippen LogP contribution is 2.17. The zero-order chi connectivity index (χ0) is 41.9. The SMILES string of the molecule is CCCCCCCCCCCCCC(=O)OC[C@H](COC(=O)CCCCCCCCCCCCC(C)C)OC(=O)CCCCCCCCCCCCCCC(C)C. The van der Waals surface area contributed by atoms with E-state index in [1.54, 1.807) is 0 Å². The monoisotopic (exact) mass is 807 g/mol. The van der Waals surface area contributed by atoms with Gasteiger partial charge in [-0.15, -0.1) is 0 Å². The third-order valence-corrected chi connectivity index (χ3v) is 11.5. The van der Waals surface area contributed by atoms with E-state index in [1.165, 1.54) is 167 Å². The maximum atomic E-state index is 12.8. The van der Waals surface area contributed by atoms with Crippen molar-refractivity contribution in [2.75, 3.05) is 13.2 Å². The van der Waals surface area contributed by atoms with Crippen LogP contribution in [0.25, 0.3) is 0 Å². The van der Waals surface area contributed by atoms with Crippen LogP contribution >= 0.6 is 0 Å². The highest BCUT2D eigenvalue weighted by Gasteiger charge is 2.19. The van der Waals surface area contributed by atoms with Gasteiger partial charge in [0, 0.05) is 19.3 Å². The van der Waals surface area contributed by atoms with Crippen molar-refractivity contribution >= 4 is 17.9 Å². The van der Waals surface area contributed by atoms with Gasteiger partial charge >= 0.3 is 17.9 Å². The summed E-state index contributed by atoms with van der Waals surface area (Å²) in [4.78, 5) is 37.9. The van der Waals surface area contributed by atoms with E-state index in [4.69, 9.17) is 14.2 Å². The fourth-order valence-electron chi connectivity index (χ4n) is 7.64. The van der Waals surface area contributed by atoms with Crippen LogP contribution in [0.4, 0.5) is 0 Å². The maximum Gasteiger partial charge on any atom is 0.306 e. The second-order valence-electron chi connectivity index (χ2n) is 18.4. The molecule has 0 N–H and O–H groups in total. The number of carbonyl (C=O) groups is 3. The lowest BCUT2D eigenvalue weighted by Crippen LogP contribution is -2.30. The van der Waals surface area contributed by atoms with Gasteiger partial charge in [-0.1, -0.05) is 240 Å². The van der Waals surface area contributed by atoms with E-state index in [1.807, 2.05) is 0 Å². The molecule has 0 aromatic heterocycles. The highest BCUT2D eigenvalue weighted by molar-refractivity contribution is 5.71. The molecule has 0 aliphatic heterocycles. The van der Waals surface area contributed by atoms with E-state index < -0.39 is 6.10 Å². The van der Waals surface area contributed by atoms with E-state index >= 15 is 0 Å². The van der Waals surface area contributed by atoms with Crippen molar-refractivity contribution in [3.63, 3.8) is 0 Å². The van der Waals surface area contributed by atoms with Gasteiger partial charge in [0.1, 0.15) is 13.2 Å². The molecule has 0 aromatic carbocycles. The van der Waals surface area contributed by atoms with E-state index in [-0.39, 0.29) is 31.1 Å². The molecule has 0 fully saturated rings. The average Bonchev–Trinajstić information content (AvgIpc) is 3.18. The first kappa shape index (κ1) is 55.4. The summed E-state index contributed by atoms with van der Waals surface area (Å²) in [5.74, 6) is 0.800. The summed E-state index contributed by atoms with van der Waals surface area (Å²) in [6.07, 6.45) is 43.7. The third-order valence-electron chi connectivity index (χ3n) is 11.5. The molecule has 0 rings (SSSR count). The smallest absolute Gasteiger partial charge is 0.306 e.